The van der Waals surface area contributed by atoms with Crippen molar-refractivity contribution >= 4 is 17.4 Å². The number of hydrogen-bond acceptors (Lipinski definition) is 3. The molecule has 0 aliphatic carbocycles. The predicted molar refractivity (Wildman–Crippen MR) is 128 cm³/mol. The van der Waals surface area contributed by atoms with E-state index in [1.165, 1.54) is 4.90 Å². The lowest BCUT2D eigenvalue weighted by Gasteiger charge is -2.22. The van der Waals surface area contributed by atoms with Gasteiger partial charge in [-0.15, -0.1) is 0 Å². The fourth-order valence-electron chi connectivity index (χ4n) is 4.28. The van der Waals surface area contributed by atoms with E-state index in [2.05, 4.69) is 6.07 Å². The van der Waals surface area contributed by atoms with Crippen molar-refractivity contribution < 1.29 is 9.59 Å². The van der Waals surface area contributed by atoms with Crippen LogP contribution in [0.25, 0.3) is 5.57 Å². The molecule has 4 nitrogen and oxygen atoms in total. The summed E-state index contributed by atoms with van der Waals surface area (Å²) in [6.07, 6.45) is 0.633. The van der Waals surface area contributed by atoms with Gasteiger partial charge in [0.15, 0.2) is 0 Å². The lowest BCUT2D eigenvalue weighted by molar-refractivity contribution is -0.137. The van der Waals surface area contributed by atoms with Gasteiger partial charge < -0.3 is 4.90 Å². The highest BCUT2D eigenvalue weighted by Gasteiger charge is 2.40. The van der Waals surface area contributed by atoms with Crippen molar-refractivity contribution in [2.45, 2.75) is 26.8 Å². The van der Waals surface area contributed by atoms with E-state index in [0.717, 1.165) is 27.8 Å². The Balaban J connectivity index is 1.70. The smallest absolute Gasteiger partial charge is 0.277 e. The number of benzene rings is 3. The molecule has 4 heteroatoms. The topological polar surface area (TPSA) is 40.6 Å². The molecule has 0 N–H and O–H groups in total. The number of nitrogens with zero attached hydrogens (tertiary/aromatic N) is 2. The van der Waals surface area contributed by atoms with Crippen LogP contribution >= 0.6 is 0 Å². The molecule has 162 valence electrons. The molecule has 0 fully saturated rings. The van der Waals surface area contributed by atoms with Gasteiger partial charge >= 0.3 is 0 Å². The average molecular weight is 425 g/mol. The minimum absolute atomic E-state index is 0.215. The zero-order chi connectivity index (χ0) is 22.7. The van der Waals surface area contributed by atoms with Crippen LogP contribution < -0.4 is 0 Å². The summed E-state index contributed by atoms with van der Waals surface area (Å²) >= 11 is 0. The third-order valence-electron chi connectivity index (χ3n) is 5.91. The van der Waals surface area contributed by atoms with E-state index in [9.17, 15) is 9.59 Å². The van der Waals surface area contributed by atoms with E-state index in [0.29, 0.717) is 30.8 Å². The van der Waals surface area contributed by atoms with Gasteiger partial charge in [0.2, 0.25) is 0 Å². The first kappa shape index (κ1) is 21.6. The second-order valence-corrected chi connectivity index (χ2v) is 8.38. The molecule has 2 amide bonds. The van der Waals surface area contributed by atoms with Gasteiger partial charge in [0.05, 0.1) is 5.57 Å². The number of carbonyl (C=O) groups excluding carboxylic acids is 2. The highest BCUT2D eigenvalue weighted by atomic mass is 16.2. The third-order valence-corrected chi connectivity index (χ3v) is 5.91. The third kappa shape index (κ3) is 4.35. The largest absolute Gasteiger partial charge is 0.365 e. The molecule has 1 aliphatic rings. The van der Waals surface area contributed by atoms with Crippen LogP contribution in [0, 0.1) is 13.8 Å². The maximum atomic E-state index is 13.6. The normalized spacial score (nSPS) is 13.8. The molecule has 1 heterocycles. The SMILES string of the molecule is Cc1ccc(C2=C(N(C)Cc3ccccc3)C(=O)N(CCc3ccccc3)C2=O)c(C)c1. The number of aryl methyl sites for hydroxylation is 2. The van der Waals surface area contributed by atoms with Crippen LogP contribution in [-0.2, 0) is 22.6 Å². The second kappa shape index (κ2) is 9.23. The quantitative estimate of drug-likeness (QED) is 0.514. The van der Waals surface area contributed by atoms with Gasteiger partial charge in [0, 0.05) is 20.1 Å². The van der Waals surface area contributed by atoms with Crippen molar-refractivity contribution in [1.82, 2.24) is 9.80 Å². The van der Waals surface area contributed by atoms with E-state index >= 15 is 0 Å². The Morgan fingerprint density at radius 2 is 1.41 bits per heavy atom. The van der Waals surface area contributed by atoms with E-state index in [4.69, 9.17) is 0 Å². The van der Waals surface area contributed by atoms with Crippen LogP contribution in [0.1, 0.15) is 27.8 Å². The van der Waals surface area contributed by atoms with Crippen molar-refractivity contribution in [2.75, 3.05) is 13.6 Å². The molecular weight excluding hydrogens is 396 g/mol. The first-order valence-corrected chi connectivity index (χ1v) is 10.9. The van der Waals surface area contributed by atoms with Gasteiger partial charge in [-0.3, -0.25) is 14.5 Å². The molecule has 0 aromatic heterocycles. The predicted octanol–water partition coefficient (Wildman–Crippen LogP) is 4.76. The fraction of sp³-hybridized carbons (Fsp3) is 0.214. The Kier molecular flexibility index (Phi) is 6.22. The van der Waals surface area contributed by atoms with Crippen molar-refractivity contribution in [3.8, 4) is 0 Å². The summed E-state index contributed by atoms with van der Waals surface area (Å²) in [5.41, 5.74) is 6.11. The highest BCUT2D eigenvalue weighted by molar-refractivity contribution is 6.35. The summed E-state index contributed by atoms with van der Waals surface area (Å²) in [6, 6.07) is 26.0. The van der Waals surface area contributed by atoms with Crippen LogP contribution in [0.3, 0.4) is 0 Å². The molecule has 0 bridgehead atoms. The van der Waals surface area contributed by atoms with E-state index < -0.39 is 0 Å². The lowest BCUT2D eigenvalue weighted by Crippen LogP contribution is -2.35. The molecule has 32 heavy (non-hydrogen) atoms. The van der Waals surface area contributed by atoms with Crippen molar-refractivity contribution in [1.29, 1.82) is 0 Å². The molecule has 0 saturated heterocycles. The van der Waals surface area contributed by atoms with Crippen LogP contribution in [-0.4, -0.2) is 35.2 Å². The Hall–Kier alpha value is -3.66. The van der Waals surface area contributed by atoms with Gasteiger partial charge in [-0.1, -0.05) is 84.4 Å². The molecule has 1 aliphatic heterocycles. The van der Waals surface area contributed by atoms with E-state index in [-0.39, 0.29) is 11.8 Å². The molecule has 3 aromatic rings. The van der Waals surface area contributed by atoms with Crippen LogP contribution in [0.5, 0.6) is 0 Å². The number of amides is 2. The molecule has 3 aromatic carbocycles. The zero-order valence-corrected chi connectivity index (χ0v) is 18.8. The van der Waals surface area contributed by atoms with Crippen molar-refractivity contribution in [3.05, 3.63) is 112 Å². The van der Waals surface area contributed by atoms with E-state index in [1.54, 1.807) is 0 Å². The molecule has 0 atom stereocenters. The first-order valence-electron chi connectivity index (χ1n) is 10.9. The Labute approximate surface area is 189 Å². The lowest BCUT2D eigenvalue weighted by atomic mass is 9.97. The van der Waals surface area contributed by atoms with Crippen molar-refractivity contribution in [3.63, 3.8) is 0 Å². The second-order valence-electron chi connectivity index (χ2n) is 8.38. The van der Waals surface area contributed by atoms with Gasteiger partial charge in [0.25, 0.3) is 11.8 Å². The summed E-state index contributed by atoms with van der Waals surface area (Å²) in [5.74, 6) is -0.438. The molecule has 0 radical (unpaired) electrons. The summed E-state index contributed by atoms with van der Waals surface area (Å²) in [6.45, 7) is 4.94. The van der Waals surface area contributed by atoms with Crippen LogP contribution in [0.4, 0.5) is 0 Å². The molecule has 0 spiro atoms. The summed E-state index contributed by atoms with van der Waals surface area (Å²) in [5, 5.41) is 0. The number of carbonyl (C=O) groups is 2. The standard InChI is InChI=1S/C28H28N2O2/c1-20-14-15-24(21(2)18-20)25-26(29(3)19-23-12-8-5-9-13-23)28(32)30(27(25)31)17-16-22-10-6-4-7-11-22/h4-15,18H,16-17,19H2,1-3H3. The Morgan fingerprint density at radius 3 is 2.03 bits per heavy atom. The number of hydrogen-bond donors (Lipinski definition) is 0. The van der Waals surface area contributed by atoms with Gasteiger partial charge in [-0.05, 0) is 42.5 Å². The van der Waals surface area contributed by atoms with Gasteiger partial charge in [0.1, 0.15) is 5.70 Å². The minimum atomic E-state index is -0.223. The minimum Gasteiger partial charge on any atom is -0.365 e. The zero-order valence-electron chi connectivity index (χ0n) is 18.8. The maximum absolute atomic E-state index is 13.6. The molecule has 0 saturated carbocycles. The fourth-order valence-corrected chi connectivity index (χ4v) is 4.28. The van der Waals surface area contributed by atoms with E-state index in [1.807, 2.05) is 98.6 Å². The first-order chi connectivity index (χ1) is 15.5. The Morgan fingerprint density at radius 1 is 0.781 bits per heavy atom. The highest BCUT2D eigenvalue weighted by Crippen LogP contribution is 2.33. The molecular formula is C28H28N2O2. The molecule has 0 unspecified atom stereocenters. The number of likely N-dealkylation sites (N-methyl/N-ethyl adjacent to an activating group) is 1. The van der Waals surface area contributed by atoms with Crippen LogP contribution in [0.15, 0.2) is 84.6 Å². The van der Waals surface area contributed by atoms with Crippen molar-refractivity contribution in [2.24, 2.45) is 0 Å². The summed E-state index contributed by atoms with van der Waals surface area (Å²) in [7, 11) is 1.89. The molecule has 4 rings (SSSR count). The average Bonchev–Trinajstić information content (AvgIpc) is 3.03. The number of rotatable bonds is 7. The maximum Gasteiger partial charge on any atom is 0.277 e. The Bertz CT molecular complexity index is 1170. The van der Waals surface area contributed by atoms with Crippen LogP contribution in [0.2, 0.25) is 0 Å². The summed E-state index contributed by atoms with van der Waals surface area (Å²) in [4.78, 5) is 30.4. The summed E-state index contributed by atoms with van der Waals surface area (Å²) < 4.78 is 0. The number of imide groups is 1. The van der Waals surface area contributed by atoms with Gasteiger partial charge in [-0.25, -0.2) is 0 Å². The van der Waals surface area contributed by atoms with Gasteiger partial charge in [-0.2, -0.15) is 0 Å². The monoisotopic (exact) mass is 424 g/mol.